The standard InChI is InChI=1S/C21H20ClF2N3O2/c1-27-8-4-5-12(27)11-29-18-10-14(22)13-9-16(24)20(26-21(13)25-18)19-15(23)6-3-7-17(19)28-2/h3,6-7,9-10,12H,4-5,8,11H2,1-2H3/t12-/m0/s1. The summed E-state index contributed by atoms with van der Waals surface area (Å²) in [4.78, 5) is 10.9. The molecule has 0 aliphatic carbocycles. The lowest BCUT2D eigenvalue weighted by Crippen LogP contribution is -2.30. The Balaban J connectivity index is 1.74. The minimum atomic E-state index is -0.717. The fourth-order valence-electron chi connectivity index (χ4n) is 3.59. The highest BCUT2D eigenvalue weighted by molar-refractivity contribution is 6.35. The number of likely N-dealkylation sites (tertiary alicyclic amines) is 1. The van der Waals surface area contributed by atoms with Gasteiger partial charge >= 0.3 is 0 Å². The van der Waals surface area contributed by atoms with Gasteiger partial charge in [0.2, 0.25) is 5.88 Å². The number of likely N-dealkylation sites (N-methyl/N-ethyl adjacent to an activating group) is 1. The van der Waals surface area contributed by atoms with Crippen LogP contribution < -0.4 is 9.47 Å². The number of benzene rings is 1. The van der Waals surface area contributed by atoms with E-state index in [9.17, 15) is 8.78 Å². The van der Waals surface area contributed by atoms with Crippen LogP contribution in [0.15, 0.2) is 30.3 Å². The van der Waals surface area contributed by atoms with Crippen molar-refractivity contribution < 1.29 is 18.3 Å². The van der Waals surface area contributed by atoms with E-state index >= 15 is 0 Å². The summed E-state index contributed by atoms with van der Waals surface area (Å²) in [6, 6.07) is 7.31. The van der Waals surface area contributed by atoms with Crippen LogP contribution in [-0.2, 0) is 0 Å². The van der Waals surface area contributed by atoms with E-state index < -0.39 is 11.6 Å². The lowest BCUT2D eigenvalue weighted by Gasteiger charge is -2.19. The zero-order valence-corrected chi connectivity index (χ0v) is 16.8. The largest absolute Gasteiger partial charge is 0.496 e. The van der Waals surface area contributed by atoms with Crippen molar-refractivity contribution in [2.75, 3.05) is 27.3 Å². The Hall–Kier alpha value is -2.51. The Labute approximate surface area is 172 Å². The van der Waals surface area contributed by atoms with Crippen LogP contribution in [0.5, 0.6) is 11.6 Å². The summed E-state index contributed by atoms with van der Waals surface area (Å²) in [5, 5.41) is 0.594. The second kappa shape index (κ2) is 8.08. The minimum absolute atomic E-state index is 0.0637. The topological polar surface area (TPSA) is 47.5 Å². The Bertz CT molecular complexity index is 1060. The highest BCUT2D eigenvalue weighted by Crippen LogP contribution is 2.35. The first-order valence-corrected chi connectivity index (χ1v) is 9.68. The molecule has 1 fully saturated rings. The lowest BCUT2D eigenvalue weighted by atomic mass is 10.1. The van der Waals surface area contributed by atoms with E-state index in [1.807, 2.05) is 0 Å². The molecule has 0 N–H and O–H groups in total. The second-order valence-electron chi connectivity index (χ2n) is 7.04. The Morgan fingerprint density at radius 3 is 2.76 bits per heavy atom. The Morgan fingerprint density at radius 2 is 2.03 bits per heavy atom. The number of nitrogens with zero attached hydrogens (tertiary/aromatic N) is 3. The van der Waals surface area contributed by atoms with Crippen LogP contribution in [0.3, 0.4) is 0 Å². The number of ether oxygens (including phenoxy) is 2. The number of pyridine rings is 2. The molecular weight excluding hydrogens is 400 g/mol. The number of fused-ring (bicyclic) bond motifs is 1. The predicted molar refractivity (Wildman–Crippen MR) is 108 cm³/mol. The minimum Gasteiger partial charge on any atom is -0.496 e. The summed E-state index contributed by atoms with van der Waals surface area (Å²) in [5.74, 6) is -0.879. The normalized spacial score (nSPS) is 17.1. The van der Waals surface area contributed by atoms with Gasteiger partial charge in [-0.1, -0.05) is 17.7 Å². The number of halogens is 3. The highest BCUT2D eigenvalue weighted by Gasteiger charge is 2.23. The van der Waals surface area contributed by atoms with Gasteiger partial charge in [0.05, 0.1) is 17.7 Å². The van der Waals surface area contributed by atoms with Crippen LogP contribution in [-0.4, -0.2) is 48.2 Å². The summed E-state index contributed by atoms with van der Waals surface area (Å²) >= 11 is 6.31. The molecule has 1 atom stereocenters. The van der Waals surface area contributed by atoms with Crippen LogP contribution in [0.2, 0.25) is 5.02 Å². The zero-order valence-electron chi connectivity index (χ0n) is 16.1. The third kappa shape index (κ3) is 3.84. The summed E-state index contributed by atoms with van der Waals surface area (Å²) in [5.41, 5.74) is -0.0797. The molecule has 152 valence electrons. The van der Waals surface area contributed by atoms with Gasteiger partial charge in [0.25, 0.3) is 0 Å². The maximum absolute atomic E-state index is 14.8. The maximum atomic E-state index is 14.8. The van der Waals surface area contributed by atoms with Gasteiger partial charge in [0.15, 0.2) is 11.5 Å². The molecule has 0 bridgehead atoms. The third-order valence-electron chi connectivity index (χ3n) is 5.21. The predicted octanol–water partition coefficient (Wildman–Crippen LogP) is 4.71. The molecule has 0 spiro atoms. The molecule has 2 aromatic heterocycles. The van der Waals surface area contributed by atoms with Crippen LogP contribution >= 0.6 is 11.6 Å². The van der Waals surface area contributed by atoms with Gasteiger partial charge in [-0.05, 0) is 44.6 Å². The number of hydrogen-bond donors (Lipinski definition) is 0. The summed E-state index contributed by atoms with van der Waals surface area (Å²) in [6.45, 7) is 1.51. The molecule has 3 heterocycles. The zero-order chi connectivity index (χ0) is 20.5. The van der Waals surface area contributed by atoms with E-state index in [0.717, 1.165) is 19.4 Å². The fraction of sp³-hybridized carbons (Fsp3) is 0.333. The SMILES string of the molecule is COc1cccc(F)c1-c1nc2nc(OC[C@@H]3CCCN3C)cc(Cl)c2cc1F. The van der Waals surface area contributed by atoms with E-state index in [0.29, 0.717) is 23.9 Å². The number of rotatable bonds is 5. The molecule has 5 nitrogen and oxygen atoms in total. The van der Waals surface area contributed by atoms with Gasteiger partial charge in [-0.25, -0.2) is 13.8 Å². The van der Waals surface area contributed by atoms with Crippen LogP contribution in [0.25, 0.3) is 22.3 Å². The van der Waals surface area contributed by atoms with Gasteiger partial charge in [-0.2, -0.15) is 4.98 Å². The number of methoxy groups -OCH3 is 1. The number of hydrogen-bond acceptors (Lipinski definition) is 5. The van der Waals surface area contributed by atoms with Crippen molar-refractivity contribution in [3.63, 3.8) is 0 Å². The van der Waals surface area contributed by atoms with Crippen molar-refractivity contribution in [1.29, 1.82) is 0 Å². The van der Waals surface area contributed by atoms with Crippen LogP contribution in [0.1, 0.15) is 12.8 Å². The molecular formula is C21H20ClF2N3O2. The number of aromatic nitrogens is 2. The lowest BCUT2D eigenvalue weighted by molar-refractivity contribution is 0.193. The van der Waals surface area contributed by atoms with Gasteiger partial charge < -0.3 is 14.4 Å². The van der Waals surface area contributed by atoms with Gasteiger partial charge in [0, 0.05) is 17.5 Å². The molecule has 8 heteroatoms. The van der Waals surface area contributed by atoms with E-state index in [1.165, 1.54) is 25.3 Å². The van der Waals surface area contributed by atoms with Crippen molar-refractivity contribution in [2.24, 2.45) is 0 Å². The average Bonchev–Trinajstić information content (AvgIpc) is 3.11. The van der Waals surface area contributed by atoms with Crippen molar-refractivity contribution in [2.45, 2.75) is 18.9 Å². The van der Waals surface area contributed by atoms with Crippen molar-refractivity contribution in [3.8, 4) is 22.9 Å². The second-order valence-corrected chi connectivity index (χ2v) is 7.44. The van der Waals surface area contributed by atoms with Crippen molar-refractivity contribution in [1.82, 2.24) is 14.9 Å². The Kier molecular flexibility index (Phi) is 5.52. The van der Waals surface area contributed by atoms with Gasteiger partial charge in [-0.15, -0.1) is 0 Å². The first-order valence-electron chi connectivity index (χ1n) is 9.30. The van der Waals surface area contributed by atoms with E-state index in [4.69, 9.17) is 21.1 Å². The first-order chi connectivity index (χ1) is 14.0. The summed E-state index contributed by atoms with van der Waals surface area (Å²) in [6.07, 6.45) is 2.18. The molecule has 1 aliphatic heterocycles. The molecule has 0 radical (unpaired) electrons. The molecule has 4 rings (SSSR count). The van der Waals surface area contributed by atoms with Gasteiger partial charge in [0.1, 0.15) is 23.9 Å². The summed E-state index contributed by atoms with van der Waals surface area (Å²) in [7, 11) is 3.44. The van der Waals surface area contributed by atoms with E-state index in [2.05, 4.69) is 21.9 Å². The smallest absolute Gasteiger partial charge is 0.216 e. The highest BCUT2D eigenvalue weighted by atomic mass is 35.5. The first kappa shape index (κ1) is 19.8. The molecule has 1 aliphatic rings. The average molecular weight is 420 g/mol. The van der Waals surface area contributed by atoms with Crippen molar-refractivity contribution >= 4 is 22.6 Å². The molecule has 3 aromatic rings. The summed E-state index contributed by atoms with van der Waals surface area (Å²) < 4.78 is 40.2. The van der Waals surface area contributed by atoms with E-state index in [1.54, 1.807) is 12.1 Å². The molecule has 29 heavy (non-hydrogen) atoms. The molecule has 0 unspecified atom stereocenters. The monoisotopic (exact) mass is 419 g/mol. The molecule has 0 amide bonds. The van der Waals surface area contributed by atoms with E-state index in [-0.39, 0.29) is 27.7 Å². The molecule has 0 saturated carbocycles. The maximum Gasteiger partial charge on any atom is 0.216 e. The quantitative estimate of drug-likeness (QED) is 0.599. The third-order valence-corrected chi connectivity index (χ3v) is 5.52. The van der Waals surface area contributed by atoms with Crippen molar-refractivity contribution in [3.05, 3.63) is 47.0 Å². The van der Waals surface area contributed by atoms with Gasteiger partial charge in [-0.3, -0.25) is 0 Å². The Morgan fingerprint density at radius 1 is 1.21 bits per heavy atom. The van der Waals surface area contributed by atoms with Crippen LogP contribution in [0, 0.1) is 11.6 Å². The fourth-order valence-corrected chi connectivity index (χ4v) is 3.82. The molecule has 1 aromatic carbocycles. The molecule has 1 saturated heterocycles. The van der Waals surface area contributed by atoms with Crippen LogP contribution in [0.4, 0.5) is 8.78 Å².